The van der Waals surface area contributed by atoms with Crippen molar-refractivity contribution in [1.82, 2.24) is 0 Å². The number of nitrogens with one attached hydrogen (secondary N) is 4. The molecule has 4 amide bonds. The first-order valence-electron chi connectivity index (χ1n) is 22.0. The lowest BCUT2D eigenvalue weighted by Crippen LogP contribution is -2.32. The lowest BCUT2D eigenvalue weighted by molar-refractivity contribution is -0.127. The number of hydrogen-bond acceptors (Lipinski definition) is 12. The molecule has 372 valence electrons. The second-order valence-electron chi connectivity index (χ2n) is 15.6. The summed E-state index contributed by atoms with van der Waals surface area (Å²) in [5.41, 5.74) is 3.37. The molecule has 0 saturated heterocycles. The van der Waals surface area contributed by atoms with Gasteiger partial charge in [0, 0.05) is 40.8 Å². The SMILES string of the molecule is CCOc1ccc(C(C)Cl)c(NC(=O)c2cc(N=NC(C(C)=O)C(=O)Nc3ccc(NC(=O)C(N=Nc4ccc(Cl)c(C(=O)Nc5cc(OCC)ccc5C(C)Cl)c4)C(C)=O)c(CCCl)c3)ccc2Cl)c1. The van der Waals surface area contributed by atoms with Crippen LogP contribution in [0.5, 0.6) is 11.5 Å². The normalized spacial score (nSPS) is 12.9. The van der Waals surface area contributed by atoms with Gasteiger partial charge in [-0.1, -0.05) is 35.3 Å². The maximum absolute atomic E-state index is 13.6. The van der Waals surface area contributed by atoms with Crippen LogP contribution >= 0.6 is 58.0 Å². The summed E-state index contributed by atoms with van der Waals surface area (Å²) in [5.74, 6) is -2.95. The fourth-order valence-corrected chi connectivity index (χ4v) is 7.76. The summed E-state index contributed by atoms with van der Waals surface area (Å²) < 4.78 is 11.2. The predicted octanol–water partition coefficient (Wildman–Crippen LogP) is 13.0. The van der Waals surface area contributed by atoms with Crippen molar-refractivity contribution in [3.63, 3.8) is 0 Å². The number of rotatable bonds is 22. The van der Waals surface area contributed by atoms with Gasteiger partial charge in [0.05, 0.1) is 56.5 Å². The maximum atomic E-state index is 13.6. The molecule has 0 heterocycles. The number of anilines is 4. The number of aryl methyl sites for hydroxylation is 1. The molecule has 0 aliphatic heterocycles. The van der Waals surface area contributed by atoms with E-state index in [2.05, 4.69) is 41.7 Å². The van der Waals surface area contributed by atoms with Crippen molar-refractivity contribution in [3.8, 4) is 11.5 Å². The van der Waals surface area contributed by atoms with Crippen LogP contribution in [0.3, 0.4) is 0 Å². The lowest BCUT2D eigenvalue weighted by atomic mass is 10.1. The van der Waals surface area contributed by atoms with Crippen LogP contribution in [0.4, 0.5) is 34.1 Å². The van der Waals surface area contributed by atoms with Gasteiger partial charge in [0.2, 0.25) is 12.1 Å². The van der Waals surface area contributed by atoms with Gasteiger partial charge in [0.25, 0.3) is 23.6 Å². The van der Waals surface area contributed by atoms with Gasteiger partial charge in [-0.15, -0.1) is 34.8 Å². The topological polar surface area (TPSA) is 218 Å². The highest BCUT2D eigenvalue weighted by Crippen LogP contribution is 2.35. The maximum Gasteiger partial charge on any atom is 0.258 e. The minimum Gasteiger partial charge on any atom is -0.494 e. The molecule has 0 aromatic heterocycles. The summed E-state index contributed by atoms with van der Waals surface area (Å²) in [7, 11) is 0. The van der Waals surface area contributed by atoms with Crippen molar-refractivity contribution in [2.75, 3.05) is 40.4 Å². The Labute approximate surface area is 435 Å². The van der Waals surface area contributed by atoms with Gasteiger partial charge in [0.1, 0.15) is 11.5 Å². The van der Waals surface area contributed by atoms with E-state index in [9.17, 15) is 28.8 Å². The van der Waals surface area contributed by atoms with Crippen LogP contribution in [-0.4, -0.2) is 66.4 Å². The summed E-state index contributed by atoms with van der Waals surface area (Å²) in [6.45, 7) is 10.3. The molecule has 4 atom stereocenters. The third kappa shape index (κ3) is 15.3. The Morgan fingerprint density at radius 2 is 1.01 bits per heavy atom. The molecule has 16 nitrogen and oxygen atoms in total. The highest BCUT2D eigenvalue weighted by Gasteiger charge is 2.27. The first-order chi connectivity index (χ1) is 33.8. The molecule has 5 rings (SSSR count). The van der Waals surface area contributed by atoms with Crippen LogP contribution in [-0.2, 0) is 25.6 Å². The summed E-state index contributed by atoms with van der Waals surface area (Å²) in [5, 5.41) is 26.5. The number of carbonyl (C=O) groups is 6. The zero-order chi connectivity index (χ0) is 51.9. The quantitative estimate of drug-likeness (QED) is 0.0296. The van der Waals surface area contributed by atoms with E-state index in [1.165, 1.54) is 68.4 Å². The van der Waals surface area contributed by atoms with E-state index in [4.69, 9.17) is 67.5 Å². The molecule has 21 heteroatoms. The van der Waals surface area contributed by atoms with Crippen molar-refractivity contribution in [1.29, 1.82) is 0 Å². The predicted molar refractivity (Wildman–Crippen MR) is 279 cm³/mol. The van der Waals surface area contributed by atoms with Gasteiger partial charge in [-0.25, -0.2) is 0 Å². The molecular weight excluding hydrogens is 1020 g/mol. The van der Waals surface area contributed by atoms with Crippen molar-refractivity contribution in [3.05, 3.63) is 129 Å². The summed E-state index contributed by atoms with van der Waals surface area (Å²) in [6.07, 6.45) is 0.205. The Kier molecular flexibility index (Phi) is 20.4. The number of ketones is 2. The van der Waals surface area contributed by atoms with Crippen LogP contribution in [0.25, 0.3) is 0 Å². The molecule has 4 N–H and O–H groups in total. The summed E-state index contributed by atoms with van der Waals surface area (Å²) in [4.78, 5) is 79.5. The minimum absolute atomic E-state index is 0.0347. The Bertz CT molecular complexity index is 2880. The molecule has 0 saturated carbocycles. The van der Waals surface area contributed by atoms with E-state index < -0.39 is 58.0 Å². The molecule has 5 aromatic carbocycles. The second-order valence-corrected chi connectivity index (χ2v) is 18.1. The average Bonchev–Trinajstić information content (AvgIpc) is 3.31. The van der Waals surface area contributed by atoms with Gasteiger partial charge in [-0.2, -0.15) is 20.5 Å². The number of alkyl halides is 3. The molecule has 0 radical (unpaired) electrons. The largest absolute Gasteiger partial charge is 0.494 e. The van der Waals surface area contributed by atoms with Gasteiger partial charge in [0.15, 0.2) is 11.6 Å². The molecular formula is C50H49Cl5N8O8. The van der Waals surface area contributed by atoms with E-state index in [-0.39, 0.29) is 56.2 Å². The van der Waals surface area contributed by atoms with E-state index in [1.807, 2.05) is 13.8 Å². The third-order valence-electron chi connectivity index (χ3n) is 10.3. The molecule has 0 aliphatic carbocycles. The van der Waals surface area contributed by atoms with E-state index in [1.54, 1.807) is 50.2 Å². The Morgan fingerprint density at radius 3 is 1.42 bits per heavy atom. The highest BCUT2D eigenvalue weighted by molar-refractivity contribution is 6.35. The number of hydrogen-bond donors (Lipinski definition) is 4. The Morgan fingerprint density at radius 1 is 0.563 bits per heavy atom. The number of ether oxygens (including phenoxy) is 2. The number of azo groups is 2. The second kappa shape index (κ2) is 26.1. The number of benzene rings is 5. The number of amides is 4. The first kappa shape index (κ1) is 55.5. The number of carbonyl (C=O) groups excluding carboxylic acids is 6. The number of nitrogens with zero attached hydrogens (tertiary/aromatic N) is 4. The highest BCUT2D eigenvalue weighted by atomic mass is 35.5. The van der Waals surface area contributed by atoms with Crippen molar-refractivity contribution in [2.24, 2.45) is 20.5 Å². The summed E-state index contributed by atoms with van der Waals surface area (Å²) >= 11 is 31.7. The standard InChI is InChI=1S/C50H49Cl5N8O8/c1-7-70-34-12-14-36(26(3)52)43(24-34)58-47(66)38-22-32(9-16-40(38)54)60-62-45(28(5)64)49(68)56-31-11-18-42(30(21-31)19-20-51)57-50(69)46(29(6)65)63-61-33-10-17-41(55)39(23-33)48(67)59-44-25-35(71-8-2)13-15-37(44)27(4)53/h9-18,21-27,45-46H,7-8,19-20H2,1-6H3,(H,56,68)(H,57,69)(H,58,66)(H,59,67). The molecule has 71 heavy (non-hydrogen) atoms. The Hall–Kier alpha value is -6.43. The number of Topliss-reactive ketones (excluding diaryl/α,β-unsaturated/α-hetero) is 2. The molecule has 0 bridgehead atoms. The molecule has 0 aliphatic rings. The van der Waals surface area contributed by atoms with E-state index >= 15 is 0 Å². The Balaban J connectivity index is 1.29. The molecule has 0 spiro atoms. The van der Waals surface area contributed by atoms with Crippen molar-refractivity contribution < 1.29 is 38.2 Å². The fraction of sp³-hybridized carbons (Fsp3) is 0.280. The van der Waals surface area contributed by atoms with Crippen molar-refractivity contribution >= 4 is 127 Å². The van der Waals surface area contributed by atoms with Crippen LogP contribution in [0.1, 0.15) is 89.7 Å². The van der Waals surface area contributed by atoms with Gasteiger partial charge < -0.3 is 30.7 Å². The van der Waals surface area contributed by atoms with Crippen LogP contribution in [0.15, 0.2) is 111 Å². The van der Waals surface area contributed by atoms with Gasteiger partial charge in [-0.3, -0.25) is 28.8 Å². The monoisotopic (exact) mass is 1060 g/mol. The molecule has 5 aromatic rings. The minimum atomic E-state index is -1.61. The third-order valence-corrected chi connectivity index (χ3v) is 11.6. The van der Waals surface area contributed by atoms with Gasteiger partial charge >= 0.3 is 0 Å². The summed E-state index contributed by atoms with van der Waals surface area (Å²) in [6, 6.07) is 20.0. The lowest BCUT2D eigenvalue weighted by Gasteiger charge is -2.16. The van der Waals surface area contributed by atoms with Crippen molar-refractivity contribution in [2.45, 2.75) is 70.8 Å². The van der Waals surface area contributed by atoms with Gasteiger partial charge in [-0.05, 0) is 131 Å². The molecule has 0 fully saturated rings. The van der Waals surface area contributed by atoms with Crippen LogP contribution in [0.2, 0.25) is 10.0 Å². The fourth-order valence-electron chi connectivity index (χ4n) is 6.77. The average molecular weight is 1070 g/mol. The molecule has 4 unspecified atom stereocenters. The van der Waals surface area contributed by atoms with E-state index in [0.29, 0.717) is 52.8 Å². The zero-order valence-corrected chi connectivity index (χ0v) is 43.0. The smallest absolute Gasteiger partial charge is 0.258 e. The number of halogens is 5. The van der Waals surface area contributed by atoms with E-state index in [0.717, 1.165) is 0 Å². The van der Waals surface area contributed by atoms with Crippen LogP contribution < -0.4 is 30.7 Å². The first-order valence-corrected chi connectivity index (χ1v) is 24.2. The zero-order valence-electron chi connectivity index (χ0n) is 39.2. The van der Waals surface area contributed by atoms with Crippen LogP contribution in [0, 0.1) is 0 Å².